The van der Waals surface area contributed by atoms with Crippen molar-refractivity contribution in [2.45, 2.75) is 16.1 Å². The van der Waals surface area contributed by atoms with Gasteiger partial charge >= 0.3 is 118 Å². The van der Waals surface area contributed by atoms with Gasteiger partial charge < -0.3 is 0 Å². The van der Waals surface area contributed by atoms with E-state index in [1.807, 2.05) is 13.2 Å². The van der Waals surface area contributed by atoms with E-state index in [-0.39, 0.29) is 10.9 Å². The van der Waals surface area contributed by atoms with Crippen molar-refractivity contribution in [1.29, 1.82) is 5.26 Å². The number of alkyl halides is 4. The predicted molar refractivity (Wildman–Crippen MR) is 63.8 cm³/mol. The summed E-state index contributed by atoms with van der Waals surface area (Å²) in [5, 5.41) is 8.50. The normalized spacial score (nSPS) is 15.3. The Morgan fingerprint density at radius 1 is 1.56 bits per heavy atom. The Balaban J connectivity index is 2.97. The van der Waals surface area contributed by atoms with E-state index in [2.05, 4.69) is 9.35 Å². The summed E-state index contributed by atoms with van der Waals surface area (Å²) >= 11 is -1.22. The summed E-state index contributed by atoms with van der Waals surface area (Å²) in [5.41, 5.74) is 0.663. The molecule has 0 N–H and O–H groups in total. The Hall–Kier alpha value is -0.620. The topological polar surface area (TPSA) is 49.0 Å². The molecule has 0 aliphatic heterocycles. The van der Waals surface area contributed by atoms with Gasteiger partial charge in [-0.05, 0) is 0 Å². The molecule has 1 aromatic rings. The Bertz CT molecular complexity index is 482. The van der Waals surface area contributed by atoms with Crippen molar-refractivity contribution in [1.82, 2.24) is 4.98 Å². The van der Waals surface area contributed by atoms with Crippen LogP contribution in [-0.2, 0) is 14.6 Å². The van der Waals surface area contributed by atoms with Crippen molar-refractivity contribution in [2.75, 3.05) is 11.2 Å². The number of pyridine rings is 1. The number of rotatable bonds is 4. The van der Waals surface area contributed by atoms with Crippen molar-refractivity contribution in [3.63, 3.8) is 0 Å². The van der Waals surface area contributed by atoms with Crippen molar-refractivity contribution in [2.24, 2.45) is 4.36 Å². The van der Waals surface area contributed by atoms with Gasteiger partial charge in [0, 0.05) is 0 Å². The minimum absolute atomic E-state index is 0.0103. The summed E-state index contributed by atoms with van der Waals surface area (Å²) < 4.78 is 27.8. The van der Waals surface area contributed by atoms with Crippen molar-refractivity contribution in [3.05, 3.63) is 29.6 Å². The molecule has 0 aliphatic carbocycles. The number of halogens is 3. The first-order chi connectivity index (χ1) is 8.42. The van der Waals surface area contributed by atoms with Crippen molar-refractivity contribution in [3.8, 4) is 6.19 Å². The van der Waals surface area contributed by atoms with Crippen molar-refractivity contribution >= 4 is 10.7 Å². The molecule has 0 bridgehead atoms. The Morgan fingerprint density at radius 3 is 2.67 bits per heavy atom. The van der Waals surface area contributed by atoms with Crippen LogP contribution in [0, 0.1) is 11.5 Å². The molecule has 0 amide bonds. The molecule has 0 spiro atoms. The van der Waals surface area contributed by atoms with Gasteiger partial charge in [0.15, 0.2) is 0 Å². The predicted octanol–water partition coefficient (Wildman–Crippen LogP) is -0.177. The zero-order valence-electron chi connectivity index (χ0n) is 10.2. The van der Waals surface area contributed by atoms with E-state index < -0.39 is 35.8 Å². The molecule has 0 saturated carbocycles. The molecule has 2 atom stereocenters. The van der Waals surface area contributed by atoms with Gasteiger partial charge in [0.1, 0.15) is 0 Å². The van der Waals surface area contributed by atoms with Gasteiger partial charge in [-0.3, -0.25) is 0 Å². The van der Waals surface area contributed by atoms with Crippen LogP contribution in [0.4, 0.5) is 8.78 Å². The van der Waals surface area contributed by atoms with Crippen LogP contribution in [0.3, 0.4) is 0 Å². The number of hydrogen-bond donors (Lipinski definition) is 0. The van der Waals surface area contributed by atoms with Gasteiger partial charge in [-0.1, -0.05) is 0 Å². The van der Waals surface area contributed by atoms with Gasteiger partial charge in [0.05, 0.1) is 0 Å². The quantitative estimate of drug-likeness (QED) is 0.411. The maximum atomic E-state index is 13.4. The first-order valence-corrected chi connectivity index (χ1v) is 9.91. The first kappa shape index (κ1) is 15.4. The SMILES string of the molecule is C[I-]C(F)(F)c1ccc(C(C)S(C)=NC#N)cn1. The Morgan fingerprint density at radius 2 is 2.22 bits per heavy atom. The van der Waals surface area contributed by atoms with E-state index in [1.165, 1.54) is 17.2 Å². The molecule has 0 aromatic carbocycles. The Kier molecular flexibility index (Phi) is 5.59. The second-order valence-corrected chi connectivity index (χ2v) is 7.89. The zero-order valence-corrected chi connectivity index (χ0v) is 13.2. The summed E-state index contributed by atoms with van der Waals surface area (Å²) in [6, 6.07) is 3.02. The van der Waals surface area contributed by atoms with E-state index in [4.69, 9.17) is 5.26 Å². The molecule has 3 nitrogen and oxygen atoms in total. The Labute approximate surface area is 118 Å². The second kappa shape index (κ2) is 6.52. The molecule has 1 aromatic heterocycles. The van der Waals surface area contributed by atoms with Gasteiger partial charge in [-0.25, -0.2) is 0 Å². The molecular weight excluding hydrogens is 371 g/mol. The number of nitriles is 1. The standard InChI is InChI=1S/C11H13F2IN3S/c1-8(18(3)17-7-15)9-4-5-10(16-6-9)11(12,13)14-2/h4-6,8H,1-3H3/q-1. The van der Waals surface area contributed by atoms with Crippen LogP contribution in [0.5, 0.6) is 0 Å². The molecule has 0 saturated heterocycles. The van der Waals surface area contributed by atoms with E-state index in [1.54, 1.807) is 12.3 Å². The number of nitrogens with zero attached hydrogens (tertiary/aromatic N) is 3. The van der Waals surface area contributed by atoms with Crippen LogP contribution >= 0.6 is 0 Å². The molecule has 1 heterocycles. The van der Waals surface area contributed by atoms with Gasteiger partial charge in [0.25, 0.3) is 0 Å². The summed E-state index contributed by atoms with van der Waals surface area (Å²) in [5.74, 6) is 0. The van der Waals surface area contributed by atoms with E-state index in [0.29, 0.717) is 0 Å². The van der Waals surface area contributed by atoms with Gasteiger partial charge in [-0.15, -0.1) is 0 Å². The third-order valence-corrected chi connectivity index (χ3v) is 6.05. The minimum atomic E-state index is -2.77. The monoisotopic (exact) mass is 384 g/mol. The average molecular weight is 384 g/mol. The first-order valence-electron chi connectivity index (χ1n) is 5.02. The third-order valence-electron chi connectivity index (χ3n) is 2.48. The fraction of sp³-hybridized carbons (Fsp3) is 0.455. The average Bonchev–Trinajstić information content (AvgIpc) is 2.38. The summed E-state index contributed by atoms with van der Waals surface area (Å²) in [6.07, 6.45) is 5.07. The molecule has 100 valence electrons. The molecule has 0 radical (unpaired) electrons. The van der Waals surface area contributed by atoms with Crippen LogP contribution in [0.25, 0.3) is 0 Å². The molecule has 0 aliphatic rings. The summed E-state index contributed by atoms with van der Waals surface area (Å²) in [4.78, 5) is 5.38. The molecule has 0 fully saturated rings. The number of hydrogen-bond acceptors (Lipinski definition) is 3. The maximum absolute atomic E-state index is 13.4. The van der Waals surface area contributed by atoms with Gasteiger partial charge in [0.2, 0.25) is 0 Å². The molecule has 18 heavy (non-hydrogen) atoms. The van der Waals surface area contributed by atoms with Crippen LogP contribution < -0.4 is 21.2 Å². The van der Waals surface area contributed by atoms with E-state index in [9.17, 15) is 8.78 Å². The third kappa shape index (κ3) is 3.68. The fourth-order valence-electron chi connectivity index (χ4n) is 1.25. The van der Waals surface area contributed by atoms with Crippen LogP contribution in [0.1, 0.15) is 23.4 Å². The van der Waals surface area contributed by atoms with Gasteiger partial charge in [-0.2, -0.15) is 0 Å². The van der Waals surface area contributed by atoms with E-state index >= 15 is 0 Å². The fourth-order valence-corrected chi connectivity index (χ4v) is 2.94. The number of aromatic nitrogens is 1. The molecule has 1 rings (SSSR count). The zero-order chi connectivity index (χ0) is 13.8. The second-order valence-electron chi connectivity index (χ2n) is 3.52. The van der Waals surface area contributed by atoms with Crippen LogP contribution in [-0.4, -0.2) is 16.2 Å². The molecule has 2 unspecified atom stereocenters. The summed E-state index contributed by atoms with van der Waals surface area (Å²) in [7, 11) is -0.452. The van der Waals surface area contributed by atoms with Crippen LogP contribution in [0.15, 0.2) is 22.7 Å². The summed E-state index contributed by atoms with van der Waals surface area (Å²) in [6.45, 7) is 1.91. The molecule has 7 heteroatoms. The van der Waals surface area contributed by atoms with E-state index in [0.717, 1.165) is 5.56 Å². The van der Waals surface area contributed by atoms with Crippen molar-refractivity contribution < 1.29 is 30.0 Å². The molecular formula is C11H13F2IN3S-. The van der Waals surface area contributed by atoms with Crippen LogP contribution in [0.2, 0.25) is 0 Å².